The van der Waals surface area contributed by atoms with Crippen LogP contribution < -0.4 is 4.74 Å². The van der Waals surface area contributed by atoms with Gasteiger partial charge in [-0.3, -0.25) is 9.69 Å². The van der Waals surface area contributed by atoms with Gasteiger partial charge in [0.05, 0.1) is 13.2 Å². The summed E-state index contributed by atoms with van der Waals surface area (Å²) in [6, 6.07) is 12.3. The van der Waals surface area contributed by atoms with E-state index in [1.165, 1.54) is 10.9 Å². The predicted octanol–water partition coefficient (Wildman–Crippen LogP) is 2.76. The first-order valence-corrected chi connectivity index (χ1v) is 7.40. The van der Waals surface area contributed by atoms with E-state index >= 15 is 0 Å². The fourth-order valence-electron chi connectivity index (χ4n) is 2.49. The molecule has 0 radical (unpaired) electrons. The maximum Gasteiger partial charge on any atom is 0.239 e. The third-order valence-electron chi connectivity index (χ3n) is 4.00. The molecule has 0 aliphatic heterocycles. The van der Waals surface area contributed by atoms with Crippen LogP contribution >= 0.6 is 0 Å². The first kappa shape index (κ1) is 16.3. The lowest BCUT2D eigenvalue weighted by Gasteiger charge is -2.26. The molecule has 1 amide bonds. The zero-order valence-corrected chi connectivity index (χ0v) is 14.0. The molecule has 2 aromatic carbocycles. The molecule has 1 atom stereocenters. The van der Waals surface area contributed by atoms with Crippen LogP contribution in [0.2, 0.25) is 0 Å². The number of likely N-dealkylation sites (N-methyl/N-ethyl adjacent to an activating group) is 2. The van der Waals surface area contributed by atoms with E-state index in [-0.39, 0.29) is 11.9 Å². The van der Waals surface area contributed by atoms with Crippen molar-refractivity contribution in [3.8, 4) is 5.75 Å². The van der Waals surface area contributed by atoms with E-state index in [4.69, 9.17) is 4.74 Å². The van der Waals surface area contributed by atoms with E-state index in [0.29, 0.717) is 0 Å². The molecule has 0 N–H and O–H groups in total. The number of rotatable bonds is 5. The summed E-state index contributed by atoms with van der Waals surface area (Å²) in [7, 11) is 7.23. The van der Waals surface area contributed by atoms with Gasteiger partial charge in [0.2, 0.25) is 5.91 Å². The monoisotopic (exact) mass is 300 g/mol. The average Bonchev–Trinajstić information content (AvgIpc) is 2.52. The van der Waals surface area contributed by atoms with Gasteiger partial charge in [-0.1, -0.05) is 18.2 Å². The molecule has 22 heavy (non-hydrogen) atoms. The van der Waals surface area contributed by atoms with E-state index in [1.807, 2.05) is 26.1 Å². The summed E-state index contributed by atoms with van der Waals surface area (Å²) in [5.41, 5.74) is 1.19. The Morgan fingerprint density at radius 1 is 1.09 bits per heavy atom. The second-order valence-corrected chi connectivity index (χ2v) is 5.87. The topological polar surface area (TPSA) is 32.8 Å². The highest BCUT2D eigenvalue weighted by atomic mass is 16.5. The second-order valence-electron chi connectivity index (χ2n) is 5.87. The van der Waals surface area contributed by atoms with Crippen molar-refractivity contribution in [1.82, 2.24) is 9.80 Å². The second kappa shape index (κ2) is 6.79. The van der Waals surface area contributed by atoms with Crippen LogP contribution in [-0.2, 0) is 11.3 Å². The molecule has 2 aromatic rings. The summed E-state index contributed by atoms with van der Waals surface area (Å²) in [5, 5.41) is 2.33. The molecular formula is C18H24N2O2. The fourth-order valence-corrected chi connectivity index (χ4v) is 2.49. The van der Waals surface area contributed by atoms with Gasteiger partial charge < -0.3 is 9.64 Å². The van der Waals surface area contributed by atoms with Crippen molar-refractivity contribution in [2.75, 3.05) is 28.3 Å². The van der Waals surface area contributed by atoms with Gasteiger partial charge in [-0.15, -0.1) is 0 Å². The normalized spacial score (nSPS) is 12.5. The number of ether oxygens (including phenoxy) is 1. The Labute approximate surface area is 132 Å². The van der Waals surface area contributed by atoms with Crippen molar-refractivity contribution >= 4 is 16.7 Å². The number of hydrogen-bond donors (Lipinski definition) is 0. The number of benzene rings is 2. The van der Waals surface area contributed by atoms with E-state index < -0.39 is 0 Å². The minimum absolute atomic E-state index is 0.119. The molecule has 0 saturated carbocycles. The first-order valence-electron chi connectivity index (χ1n) is 7.40. The van der Waals surface area contributed by atoms with Crippen LogP contribution in [0.5, 0.6) is 5.75 Å². The molecule has 0 aliphatic rings. The van der Waals surface area contributed by atoms with Crippen LogP contribution in [0.1, 0.15) is 12.5 Å². The smallest absolute Gasteiger partial charge is 0.239 e. The maximum absolute atomic E-state index is 12.0. The summed E-state index contributed by atoms with van der Waals surface area (Å²) in [6.07, 6.45) is 0. The van der Waals surface area contributed by atoms with Crippen LogP contribution in [0.4, 0.5) is 0 Å². The molecule has 0 heterocycles. The van der Waals surface area contributed by atoms with Crippen molar-refractivity contribution in [3.05, 3.63) is 42.0 Å². The summed E-state index contributed by atoms with van der Waals surface area (Å²) in [6.45, 7) is 2.68. The van der Waals surface area contributed by atoms with Crippen molar-refractivity contribution in [1.29, 1.82) is 0 Å². The molecule has 118 valence electrons. The van der Waals surface area contributed by atoms with Gasteiger partial charge >= 0.3 is 0 Å². The minimum atomic E-state index is -0.137. The quantitative estimate of drug-likeness (QED) is 0.851. The van der Waals surface area contributed by atoms with Gasteiger partial charge in [-0.25, -0.2) is 0 Å². The molecule has 0 unspecified atom stereocenters. The van der Waals surface area contributed by atoms with Crippen LogP contribution in [0.25, 0.3) is 10.8 Å². The Hall–Kier alpha value is -2.07. The van der Waals surface area contributed by atoms with Gasteiger partial charge in [0.1, 0.15) is 5.75 Å². The fraction of sp³-hybridized carbons (Fsp3) is 0.389. The van der Waals surface area contributed by atoms with Crippen LogP contribution in [0, 0.1) is 0 Å². The predicted molar refractivity (Wildman–Crippen MR) is 90.1 cm³/mol. The Morgan fingerprint density at radius 2 is 1.73 bits per heavy atom. The van der Waals surface area contributed by atoms with Crippen molar-refractivity contribution < 1.29 is 9.53 Å². The molecule has 2 rings (SSSR count). The number of fused-ring (bicyclic) bond motifs is 1. The Bertz CT molecular complexity index is 667. The van der Waals surface area contributed by atoms with Crippen molar-refractivity contribution in [3.63, 3.8) is 0 Å². The Balaban J connectivity index is 2.16. The maximum atomic E-state index is 12.0. The summed E-state index contributed by atoms with van der Waals surface area (Å²) >= 11 is 0. The summed E-state index contributed by atoms with van der Waals surface area (Å²) in [5.74, 6) is 0.982. The lowest BCUT2D eigenvalue weighted by Crippen LogP contribution is -2.42. The molecule has 4 nitrogen and oxygen atoms in total. The highest BCUT2D eigenvalue weighted by Gasteiger charge is 2.19. The summed E-state index contributed by atoms with van der Waals surface area (Å²) in [4.78, 5) is 15.7. The summed E-state index contributed by atoms with van der Waals surface area (Å²) < 4.78 is 5.25. The highest BCUT2D eigenvalue weighted by Crippen LogP contribution is 2.22. The van der Waals surface area contributed by atoms with Gasteiger partial charge in [-0.05, 0) is 48.5 Å². The molecule has 4 heteroatoms. The van der Waals surface area contributed by atoms with Gasteiger partial charge in [0, 0.05) is 20.6 Å². The molecule has 0 aliphatic carbocycles. The number of carbonyl (C=O) groups excluding carboxylic acids is 1. The molecule has 0 bridgehead atoms. The van der Waals surface area contributed by atoms with Crippen molar-refractivity contribution in [2.45, 2.75) is 19.5 Å². The zero-order valence-electron chi connectivity index (χ0n) is 14.0. The average molecular weight is 300 g/mol. The number of amides is 1. The van der Waals surface area contributed by atoms with Crippen LogP contribution in [0.15, 0.2) is 36.4 Å². The van der Waals surface area contributed by atoms with Crippen LogP contribution in [-0.4, -0.2) is 50.0 Å². The molecule has 0 aromatic heterocycles. The lowest BCUT2D eigenvalue weighted by molar-refractivity contribution is -0.133. The van der Waals surface area contributed by atoms with E-state index in [0.717, 1.165) is 17.7 Å². The van der Waals surface area contributed by atoms with Crippen LogP contribution in [0.3, 0.4) is 0 Å². The third kappa shape index (κ3) is 3.57. The molecule has 0 fully saturated rings. The van der Waals surface area contributed by atoms with Gasteiger partial charge in [-0.2, -0.15) is 0 Å². The van der Waals surface area contributed by atoms with Gasteiger partial charge in [0.25, 0.3) is 0 Å². The third-order valence-corrected chi connectivity index (χ3v) is 4.00. The SMILES string of the molecule is COc1ccc2cc(CN(C)[C@H](C)C(=O)N(C)C)ccc2c1. The van der Waals surface area contributed by atoms with E-state index in [2.05, 4.69) is 29.2 Å². The largest absolute Gasteiger partial charge is 0.497 e. The number of nitrogens with zero attached hydrogens (tertiary/aromatic N) is 2. The van der Waals surface area contributed by atoms with E-state index in [1.54, 1.807) is 26.1 Å². The zero-order chi connectivity index (χ0) is 16.3. The first-order chi connectivity index (χ1) is 10.4. The Kier molecular flexibility index (Phi) is 5.03. The minimum Gasteiger partial charge on any atom is -0.497 e. The van der Waals surface area contributed by atoms with E-state index in [9.17, 15) is 4.79 Å². The highest BCUT2D eigenvalue weighted by molar-refractivity contribution is 5.84. The Morgan fingerprint density at radius 3 is 2.36 bits per heavy atom. The molecular weight excluding hydrogens is 276 g/mol. The number of carbonyl (C=O) groups is 1. The van der Waals surface area contributed by atoms with Crippen molar-refractivity contribution in [2.24, 2.45) is 0 Å². The molecule has 0 spiro atoms. The lowest BCUT2D eigenvalue weighted by atomic mass is 10.1. The number of hydrogen-bond acceptors (Lipinski definition) is 3. The van der Waals surface area contributed by atoms with Gasteiger partial charge in [0.15, 0.2) is 0 Å². The number of methoxy groups -OCH3 is 1. The molecule has 0 saturated heterocycles. The standard InChI is InChI=1S/C18H24N2O2/c1-13(18(21)19(2)3)20(4)12-14-6-7-16-11-17(22-5)9-8-15(16)10-14/h6-11,13H,12H2,1-5H3/t13-/m1/s1.